The number of anilines is 1. The van der Waals surface area contributed by atoms with Crippen LogP contribution in [-0.4, -0.2) is 58.2 Å². The minimum atomic E-state index is -1.14. The smallest absolute Gasteiger partial charge is 0.411 e. The lowest BCUT2D eigenvalue weighted by molar-refractivity contribution is -0.148. The summed E-state index contributed by atoms with van der Waals surface area (Å²) in [4.78, 5) is 36.9. The minimum absolute atomic E-state index is 0.0783. The van der Waals surface area contributed by atoms with Gasteiger partial charge in [-0.1, -0.05) is 48.5 Å². The van der Waals surface area contributed by atoms with Gasteiger partial charge in [0.25, 0.3) is 5.91 Å². The molecule has 5 rings (SSSR count). The lowest BCUT2D eigenvalue weighted by Gasteiger charge is -2.17. The molecule has 2 atom stereocenters. The fourth-order valence-electron chi connectivity index (χ4n) is 4.76. The standard InChI is InChI=1S/C25H24N4O6/c1-29-21(23(30)27-19-10-11-34-22(19)24(31)32)20(12-26-29)28-25(33)35-13-18-16-8-4-2-6-14(16)15-7-3-5-9-17(15)18/h2-9,12,18-19,22H,10-11,13H2,1H3,(H,27,30)(H,28,33)(H,31,32)/t19-,22+/m1/s1. The normalized spacial score (nSPS) is 18.5. The molecule has 0 bridgehead atoms. The van der Waals surface area contributed by atoms with Gasteiger partial charge in [-0.2, -0.15) is 5.10 Å². The van der Waals surface area contributed by atoms with E-state index in [1.54, 1.807) is 7.05 Å². The van der Waals surface area contributed by atoms with Gasteiger partial charge in [-0.05, 0) is 28.7 Å². The first-order chi connectivity index (χ1) is 16.9. The molecule has 0 spiro atoms. The van der Waals surface area contributed by atoms with Crippen molar-refractivity contribution in [3.05, 3.63) is 71.5 Å². The molecule has 1 saturated heterocycles. The van der Waals surface area contributed by atoms with Crippen molar-refractivity contribution in [2.75, 3.05) is 18.5 Å². The summed E-state index contributed by atoms with van der Waals surface area (Å²) in [5.41, 5.74) is 4.67. The first kappa shape index (κ1) is 22.6. The van der Waals surface area contributed by atoms with Crippen LogP contribution in [0.1, 0.15) is 34.0 Å². The monoisotopic (exact) mass is 476 g/mol. The van der Waals surface area contributed by atoms with Crippen LogP contribution in [0, 0.1) is 0 Å². The van der Waals surface area contributed by atoms with E-state index in [2.05, 4.69) is 27.9 Å². The molecule has 2 amide bonds. The molecule has 1 aliphatic carbocycles. The quantitative estimate of drug-likeness (QED) is 0.498. The number of carbonyl (C=O) groups is 3. The van der Waals surface area contributed by atoms with Gasteiger partial charge >= 0.3 is 12.1 Å². The molecule has 1 aliphatic heterocycles. The molecular weight excluding hydrogens is 452 g/mol. The highest BCUT2D eigenvalue weighted by molar-refractivity contribution is 6.01. The Morgan fingerprint density at radius 2 is 1.77 bits per heavy atom. The summed E-state index contributed by atoms with van der Waals surface area (Å²) in [7, 11) is 1.55. The number of aliphatic carboxylic acids is 1. The van der Waals surface area contributed by atoms with Crippen molar-refractivity contribution in [2.45, 2.75) is 24.5 Å². The van der Waals surface area contributed by atoms with Gasteiger partial charge in [0.15, 0.2) is 6.10 Å². The molecule has 1 aromatic heterocycles. The van der Waals surface area contributed by atoms with E-state index in [9.17, 15) is 19.5 Å². The molecule has 35 heavy (non-hydrogen) atoms. The summed E-state index contributed by atoms with van der Waals surface area (Å²) < 4.78 is 12.0. The maximum absolute atomic E-state index is 12.9. The Morgan fingerprint density at radius 3 is 2.43 bits per heavy atom. The number of aryl methyl sites for hydroxylation is 1. The molecule has 1 fully saturated rings. The van der Waals surface area contributed by atoms with Crippen LogP contribution in [0.3, 0.4) is 0 Å². The Morgan fingerprint density at radius 1 is 1.11 bits per heavy atom. The number of carbonyl (C=O) groups excluding carboxylic acids is 2. The fraction of sp³-hybridized carbons (Fsp3) is 0.280. The largest absolute Gasteiger partial charge is 0.479 e. The van der Waals surface area contributed by atoms with E-state index in [1.807, 2.05) is 36.4 Å². The molecule has 0 radical (unpaired) electrons. The predicted octanol–water partition coefficient (Wildman–Crippen LogP) is 2.75. The van der Waals surface area contributed by atoms with E-state index >= 15 is 0 Å². The molecule has 0 saturated carbocycles. The summed E-state index contributed by atoms with van der Waals surface area (Å²) >= 11 is 0. The van der Waals surface area contributed by atoms with Crippen molar-refractivity contribution in [3.63, 3.8) is 0 Å². The second-order valence-electron chi connectivity index (χ2n) is 8.48. The number of fused-ring (bicyclic) bond motifs is 3. The molecular formula is C25H24N4O6. The highest BCUT2D eigenvalue weighted by Gasteiger charge is 2.36. The van der Waals surface area contributed by atoms with Crippen molar-refractivity contribution in [1.82, 2.24) is 15.1 Å². The first-order valence-corrected chi connectivity index (χ1v) is 11.2. The number of amides is 2. The van der Waals surface area contributed by atoms with E-state index in [1.165, 1.54) is 10.9 Å². The zero-order valence-corrected chi connectivity index (χ0v) is 18.9. The molecule has 0 unspecified atom stereocenters. The number of hydrogen-bond acceptors (Lipinski definition) is 6. The number of aromatic nitrogens is 2. The number of hydrogen-bond donors (Lipinski definition) is 3. The molecule has 2 heterocycles. The van der Waals surface area contributed by atoms with Crippen LogP contribution < -0.4 is 10.6 Å². The molecule has 10 nitrogen and oxygen atoms in total. The lowest BCUT2D eigenvalue weighted by atomic mass is 9.98. The van der Waals surface area contributed by atoms with Gasteiger partial charge in [0.1, 0.15) is 12.3 Å². The Kier molecular flexibility index (Phi) is 5.96. The van der Waals surface area contributed by atoms with Crippen LogP contribution >= 0.6 is 0 Å². The predicted molar refractivity (Wildman–Crippen MR) is 125 cm³/mol. The molecule has 3 N–H and O–H groups in total. The maximum Gasteiger partial charge on any atom is 0.411 e. The summed E-state index contributed by atoms with van der Waals surface area (Å²) in [5.74, 6) is -1.81. The van der Waals surface area contributed by atoms with Crippen LogP contribution in [0.2, 0.25) is 0 Å². The number of ether oxygens (including phenoxy) is 2. The molecule has 10 heteroatoms. The number of carboxylic acid groups (broad SMARTS) is 1. The zero-order chi connectivity index (χ0) is 24.5. The van der Waals surface area contributed by atoms with Gasteiger partial charge in [-0.3, -0.25) is 14.8 Å². The van der Waals surface area contributed by atoms with E-state index in [-0.39, 0.29) is 30.5 Å². The van der Waals surface area contributed by atoms with Gasteiger partial charge in [-0.15, -0.1) is 0 Å². The zero-order valence-electron chi connectivity index (χ0n) is 18.9. The van der Waals surface area contributed by atoms with Gasteiger partial charge in [0.2, 0.25) is 0 Å². The van der Waals surface area contributed by atoms with Gasteiger partial charge in [0.05, 0.1) is 17.9 Å². The van der Waals surface area contributed by atoms with Crippen LogP contribution in [0.4, 0.5) is 10.5 Å². The summed E-state index contributed by atoms with van der Waals surface area (Å²) in [6, 6.07) is 15.4. The van der Waals surface area contributed by atoms with Crippen molar-refractivity contribution >= 4 is 23.7 Å². The van der Waals surface area contributed by atoms with Crippen molar-refractivity contribution in [1.29, 1.82) is 0 Å². The number of carboxylic acids is 1. The maximum atomic E-state index is 12.9. The molecule has 3 aromatic rings. The third-order valence-corrected chi connectivity index (χ3v) is 6.39. The highest BCUT2D eigenvalue weighted by atomic mass is 16.5. The Hall–Kier alpha value is -4.18. The summed E-state index contributed by atoms with van der Waals surface area (Å²) in [5, 5.41) is 18.6. The third kappa shape index (κ3) is 4.24. The highest BCUT2D eigenvalue weighted by Crippen LogP contribution is 2.44. The second-order valence-corrected chi connectivity index (χ2v) is 8.48. The van der Waals surface area contributed by atoms with Crippen molar-refractivity contribution < 1.29 is 29.0 Å². The van der Waals surface area contributed by atoms with E-state index < -0.39 is 30.1 Å². The second kappa shape index (κ2) is 9.22. The molecule has 2 aliphatic rings. The average molecular weight is 476 g/mol. The van der Waals surface area contributed by atoms with Crippen LogP contribution in [-0.2, 0) is 21.3 Å². The molecule has 2 aromatic carbocycles. The van der Waals surface area contributed by atoms with E-state index in [0.29, 0.717) is 6.42 Å². The Balaban J connectivity index is 1.26. The van der Waals surface area contributed by atoms with Crippen LogP contribution in [0.25, 0.3) is 11.1 Å². The first-order valence-electron chi connectivity index (χ1n) is 11.2. The number of rotatable bonds is 6. The van der Waals surface area contributed by atoms with Crippen molar-refractivity contribution in [3.8, 4) is 11.1 Å². The van der Waals surface area contributed by atoms with E-state index in [0.717, 1.165) is 22.3 Å². The topological polar surface area (TPSA) is 132 Å². The van der Waals surface area contributed by atoms with Gasteiger partial charge in [-0.25, -0.2) is 9.59 Å². The Bertz CT molecular complexity index is 1260. The number of benzene rings is 2. The third-order valence-electron chi connectivity index (χ3n) is 6.39. The SMILES string of the molecule is Cn1ncc(NC(=O)OCC2c3ccccc3-c3ccccc32)c1C(=O)N[C@@H]1CCO[C@@H]1C(=O)O. The van der Waals surface area contributed by atoms with Crippen LogP contribution in [0.5, 0.6) is 0 Å². The molecule has 180 valence electrons. The summed E-state index contributed by atoms with van der Waals surface area (Å²) in [6.07, 6.45) is -0.126. The van der Waals surface area contributed by atoms with Crippen LogP contribution in [0.15, 0.2) is 54.7 Å². The van der Waals surface area contributed by atoms with E-state index in [4.69, 9.17) is 9.47 Å². The number of nitrogens with one attached hydrogen (secondary N) is 2. The fourth-order valence-corrected chi connectivity index (χ4v) is 4.76. The van der Waals surface area contributed by atoms with Gasteiger partial charge in [0, 0.05) is 19.6 Å². The number of nitrogens with zero attached hydrogens (tertiary/aromatic N) is 2. The average Bonchev–Trinajstić information content (AvgIpc) is 3.54. The Labute approximate surface area is 200 Å². The lowest BCUT2D eigenvalue weighted by Crippen LogP contribution is -2.44. The van der Waals surface area contributed by atoms with Crippen molar-refractivity contribution in [2.24, 2.45) is 7.05 Å². The summed E-state index contributed by atoms with van der Waals surface area (Å²) in [6.45, 7) is 0.361. The minimum Gasteiger partial charge on any atom is -0.479 e. The van der Waals surface area contributed by atoms with Gasteiger partial charge < -0.3 is 19.9 Å².